The first-order valence-corrected chi connectivity index (χ1v) is 9.06. The quantitative estimate of drug-likeness (QED) is 0.877. The molecule has 4 rings (SSSR count). The normalized spacial score (nSPS) is 19.5. The molecule has 1 aromatic heterocycles. The molecule has 0 radical (unpaired) electrons. The van der Waals surface area contributed by atoms with Crippen LogP contribution in [0.3, 0.4) is 0 Å². The number of carbonyl (C=O) groups is 1. The van der Waals surface area contributed by atoms with Crippen molar-refractivity contribution in [2.24, 2.45) is 0 Å². The smallest absolute Gasteiger partial charge is 0.269 e. The Hall–Kier alpha value is -2.67. The van der Waals surface area contributed by atoms with E-state index in [4.69, 9.17) is 0 Å². The van der Waals surface area contributed by atoms with E-state index in [1.54, 1.807) is 17.2 Å². The fourth-order valence-electron chi connectivity index (χ4n) is 3.79. The summed E-state index contributed by atoms with van der Waals surface area (Å²) in [7, 11) is 0. The number of nitrogens with zero attached hydrogens (tertiary/aromatic N) is 4. The van der Waals surface area contributed by atoms with Crippen LogP contribution in [0, 0.1) is 0 Å². The van der Waals surface area contributed by atoms with Gasteiger partial charge in [-0.3, -0.25) is 9.59 Å². The third-order valence-corrected chi connectivity index (χ3v) is 5.10. The number of hydrogen-bond donors (Lipinski definition) is 1. The topological polar surface area (TPSA) is 70.5 Å². The van der Waals surface area contributed by atoms with Crippen LogP contribution in [-0.2, 0) is 17.8 Å². The van der Waals surface area contributed by atoms with Crippen LogP contribution in [0.15, 0.2) is 41.3 Å². The van der Waals surface area contributed by atoms with Crippen molar-refractivity contribution in [3.8, 4) is 0 Å². The van der Waals surface area contributed by atoms with Crippen molar-refractivity contribution in [1.82, 2.24) is 15.1 Å². The molecule has 1 saturated heterocycles. The molecule has 0 saturated carbocycles. The van der Waals surface area contributed by atoms with Crippen LogP contribution in [0.2, 0.25) is 0 Å². The fourth-order valence-corrected chi connectivity index (χ4v) is 3.79. The molecule has 26 heavy (non-hydrogen) atoms. The monoisotopic (exact) mass is 353 g/mol. The molecule has 1 aromatic carbocycles. The Morgan fingerprint density at radius 3 is 2.81 bits per heavy atom. The minimum absolute atomic E-state index is 0.0423. The number of rotatable bonds is 3. The first kappa shape index (κ1) is 16.8. The highest BCUT2D eigenvalue weighted by Crippen LogP contribution is 2.31. The second-order valence-electron chi connectivity index (χ2n) is 6.89. The number of nitrogens with one attached hydrogen (secondary N) is 1. The second-order valence-corrected chi connectivity index (χ2v) is 6.89. The summed E-state index contributed by atoms with van der Waals surface area (Å²) in [5.41, 5.74) is 2.69. The van der Waals surface area contributed by atoms with Crippen LogP contribution >= 0.6 is 0 Å². The number of amides is 1. The van der Waals surface area contributed by atoms with Gasteiger partial charge in [-0.25, -0.2) is 4.68 Å². The fraction of sp³-hybridized carbons (Fsp3) is 0.421. The van der Waals surface area contributed by atoms with Gasteiger partial charge in [0, 0.05) is 44.0 Å². The molecule has 1 amide bonds. The summed E-state index contributed by atoms with van der Waals surface area (Å²) in [5, 5.41) is 7.52. The number of piperazine rings is 1. The third-order valence-electron chi connectivity index (χ3n) is 5.10. The number of anilines is 2. The van der Waals surface area contributed by atoms with Crippen LogP contribution < -0.4 is 20.7 Å². The SMILES string of the molecule is C[C@@H]1Cc2ccccc2N1C(=O)Cn1ncc(N2CCNCC2)cc1=O. The molecule has 1 atom stereocenters. The van der Waals surface area contributed by atoms with Gasteiger partial charge in [-0.1, -0.05) is 18.2 Å². The van der Waals surface area contributed by atoms with Crippen molar-refractivity contribution in [2.45, 2.75) is 25.9 Å². The van der Waals surface area contributed by atoms with Gasteiger partial charge in [0.25, 0.3) is 5.56 Å². The molecule has 2 aliphatic rings. The molecule has 136 valence electrons. The Bertz CT molecular complexity index is 872. The van der Waals surface area contributed by atoms with Gasteiger partial charge >= 0.3 is 0 Å². The maximum absolute atomic E-state index is 12.8. The van der Waals surface area contributed by atoms with Crippen molar-refractivity contribution in [3.05, 3.63) is 52.4 Å². The maximum atomic E-state index is 12.8. The molecular weight excluding hydrogens is 330 g/mol. The van der Waals surface area contributed by atoms with Crippen molar-refractivity contribution < 1.29 is 4.79 Å². The molecule has 2 aliphatic heterocycles. The van der Waals surface area contributed by atoms with Crippen molar-refractivity contribution in [1.29, 1.82) is 0 Å². The lowest BCUT2D eigenvalue weighted by atomic mass is 10.1. The van der Waals surface area contributed by atoms with E-state index in [0.717, 1.165) is 44.0 Å². The summed E-state index contributed by atoms with van der Waals surface area (Å²) in [4.78, 5) is 29.2. The Kier molecular flexibility index (Phi) is 4.46. The Balaban J connectivity index is 1.52. The van der Waals surface area contributed by atoms with Crippen LogP contribution in [0.5, 0.6) is 0 Å². The minimum Gasteiger partial charge on any atom is -0.368 e. The standard InChI is InChI=1S/C19H23N5O2/c1-14-10-15-4-2-3-5-17(15)24(14)19(26)13-23-18(25)11-16(12-21-23)22-8-6-20-7-9-22/h2-5,11-12,14,20H,6-10,13H2,1H3/t14-/m1/s1. The molecule has 3 heterocycles. The Morgan fingerprint density at radius 2 is 2.04 bits per heavy atom. The van der Waals surface area contributed by atoms with E-state index >= 15 is 0 Å². The highest BCUT2D eigenvalue weighted by atomic mass is 16.2. The van der Waals surface area contributed by atoms with Crippen molar-refractivity contribution in [3.63, 3.8) is 0 Å². The molecule has 2 aromatic rings. The summed E-state index contributed by atoms with van der Waals surface area (Å²) in [6.07, 6.45) is 2.52. The maximum Gasteiger partial charge on any atom is 0.269 e. The number of carbonyl (C=O) groups excluding carboxylic acids is 1. The van der Waals surface area contributed by atoms with Crippen LogP contribution in [0.1, 0.15) is 12.5 Å². The van der Waals surface area contributed by atoms with Gasteiger partial charge in [-0.05, 0) is 25.0 Å². The average Bonchev–Trinajstić information content (AvgIpc) is 3.00. The highest BCUT2D eigenvalue weighted by Gasteiger charge is 2.30. The van der Waals surface area contributed by atoms with Crippen LogP contribution in [0.25, 0.3) is 0 Å². The summed E-state index contributed by atoms with van der Waals surface area (Å²) in [5.74, 6) is -0.105. The van der Waals surface area contributed by atoms with E-state index in [0.29, 0.717) is 0 Å². The van der Waals surface area contributed by atoms with Gasteiger partial charge < -0.3 is 15.1 Å². The Morgan fingerprint density at radius 1 is 1.27 bits per heavy atom. The average molecular weight is 353 g/mol. The van der Waals surface area contributed by atoms with Crippen molar-refractivity contribution >= 4 is 17.3 Å². The Labute approximate surface area is 152 Å². The van der Waals surface area contributed by atoms with E-state index in [2.05, 4.69) is 15.3 Å². The van der Waals surface area contributed by atoms with Gasteiger partial charge in [-0.15, -0.1) is 0 Å². The van der Waals surface area contributed by atoms with E-state index in [-0.39, 0.29) is 24.1 Å². The van der Waals surface area contributed by atoms with Gasteiger partial charge in [0.1, 0.15) is 6.54 Å². The molecule has 0 unspecified atom stereocenters. The summed E-state index contributed by atoms with van der Waals surface area (Å²) in [6.45, 7) is 5.49. The second kappa shape index (κ2) is 6.92. The summed E-state index contributed by atoms with van der Waals surface area (Å²) >= 11 is 0. The number of benzene rings is 1. The highest BCUT2D eigenvalue weighted by molar-refractivity contribution is 5.96. The lowest BCUT2D eigenvalue weighted by Crippen LogP contribution is -2.44. The van der Waals surface area contributed by atoms with E-state index in [9.17, 15) is 9.59 Å². The van der Waals surface area contributed by atoms with Crippen molar-refractivity contribution in [2.75, 3.05) is 36.0 Å². The number of para-hydroxylation sites is 1. The first-order valence-electron chi connectivity index (χ1n) is 9.06. The molecule has 1 N–H and O–H groups in total. The molecule has 0 bridgehead atoms. The van der Waals surface area contributed by atoms with Crippen LogP contribution in [-0.4, -0.2) is 47.9 Å². The minimum atomic E-state index is -0.241. The van der Waals surface area contributed by atoms with E-state index in [1.165, 1.54) is 10.2 Å². The van der Waals surface area contributed by atoms with E-state index in [1.807, 2.05) is 31.2 Å². The first-order chi connectivity index (χ1) is 12.6. The zero-order valence-corrected chi connectivity index (χ0v) is 14.9. The lowest BCUT2D eigenvalue weighted by Gasteiger charge is -2.29. The predicted molar refractivity (Wildman–Crippen MR) is 101 cm³/mol. The van der Waals surface area contributed by atoms with E-state index < -0.39 is 0 Å². The number of fused-ring (bicyclic) bond motifs is 1. The molecule has 7 heteroatoms. The summed E-state index contributed by atoms with van der Waals surface area (Å²) < 4.78 is 1.25. The summed E-state index contributed by atoms with van der Waals surface area (Å²) in [6, 6.07) is 9.60. The molecule has 1 fully saturated rings. The molecular formula is C19H23N5O2. The zero-order valence-electron chi connectivity index (χ0n) is 14.9. The van der Waals surface area contributed by atoms with Gasteiger partial charge in [0.2, 0.25) is 5.91 Å². The zero-order chi connectivity index (χ0) is 18.1. The number of aromatic nitrogens is 2. The third kappa shape index (κ3) is 3.10. The van der Waals surface area contributed by atoms with Gasteiger partial charge in [-0.2, -0.15) is 5.10 Å². The molecule has 0 spiro atoms. The van der Waals surface area contributed by atoms with Gasteiger partial charge in [0.15, 0.2) is 0 Å². The largest absolute Gasteiger partial charge is 0.368 e. The lowest BCUT2D eigenvalue weighted by molar-refractivity contribution is -0.119. The molecule has 7 nitrogen and oxygen atoms in total. The van der Waals surface area contributed by atoms with Gasteiger partial charge in [0.05, 0.1) is 11.9 Å². The number of hydrogen-bond acceptors (Lipinski definition) is 5. The predicted octanol–water partition coefficient (Wildman–Crippen LogP) is 0.631. The molecule has 0 aliphatic carbocycles. The van der Waals surface area contributed by atoms with Crippen LogP contribution in [0.4, 0.5) is 11.4 Å².